The maximum absolute atomic E-state index is 12.6. The van der Waals surface area contributed by atoms with E-state index in [4.69, 9.17) is 0 Å². The molecule has 0 heterocycles. The fraction of sp³-hybridized carbons (Fsp3) is 0.125. The van der Waals surface area contributed by atoms with Crippen LogP contribution in [0.2, 0.25) is 0 Å². The van der Waals surface area contributed by atoms with Crippen molar-refractivity contribution in [2.45, 2.75) is 16.7 Å². The number of hydrogen-bond acceptors (Lipinski definition) is 5. The molecule has 0 aromatic heterocycles. The van der Waals surface area contributed by atoms with Crippen LogP contribution in [0.3, 0.4) is 0 Å². The van der Waals surface area contributed by atoms with Gasteiger partial charge in [-0.1, -0.05) is 0 Å². The first-order valence-electron chi connectivity index (χ1n) is 6.90. The van der Waals surface area contributed by atoms with Gasteiger partial charge in [-0.3, -0.25) is 10.1 Å². The second kappa shape index (κ2) is 7.14. The second-order valence-electron chi connectivity index (χ2n) is 4.85. The number of ether oxygens (including phenoxy) is 1. The number of anilines is 2. The molecular formula is C16H16N2O5S. The Morgan fingerprint density at radius 3 is 1.62 bits per heavy atom. The zero-order valence-corrected chi connectivity index (χ0v) is 13.9. The highest BCUT2D eigenvalue weighted by Crippen LogP contribution is 2.23. The lowest BCUT2D eigenvalue weighted by atomic mass is 10.3. The molecule has 0 saturated carbocycles. The van der Waals surface area contributed by atoms with Gasteiger partial charge in [-0.15, -0.1) is 0 Å². The monoisotopic (exact) mass is 348 g/mol. The zero-order chi connectivity index (χ0) is 17.7. The van der Waals surface area contributed by atoms with Crippen LogP contribution in [0, 0.1) is 0 Å². The first kappa shape index (κ1) is 17.5. The van der Waals surface area contributed by atoms with Crippen molar-refractivity contribution in [1.82, 2.24) is 0 Å². The quantitative estimate of drug-likeness (QED) is 0.884. The van der Waals surface area contributed by atoms with E-state index in [1.54, 1.807) is 0 Å². The van der Waals surface area contributed by atoms with Crippen LogP contribution in [0.25, 0.3) is 0 Å². The molecule has 0 fully saturated rings. The summed E-state index contributed by atoms with van der Waals surface area (Å²) in [5.41, 5.74) is 0.931. The van der Waals surface area contributed by atoms with E-state index in [2.05, 4.69) is 15.4 Å². The number of benzene rings is 2. The summed E-state index contributed by atoms with van der Waals surface area (Å²) in [6.45, 7) is 1.37. The number of amides is 2. The van der Waals surface area contributed by atoms with Crippen molar-refractivity contribution in [2.75, 3.05) is 17.7 Å². The van der Waals surface area contributed by atoms with Crippen LogP contribution in [0.5, 0.6) is 0 Å². The molecule has 0 atom stereocenters. The first-order valence-corrected chi connectivity index (χ1v) is 8.39. The SMILES string of the molecule is COC(=O)Nc1ccc(S(=O)(=O)c2ccc(NC(C)=O)cc2)cc1. The minimum Gasteiger partial charge on any atom is -0.453 e. The number of methoxy groups -OCH3 is 1. The third kappa shape index (κ3) is 4.11. The van der Waals surface area contributed by atoms with E-state index in [0.29, 0.717) is 11.4 Å². The van der Waals surface area contributed by atoms with E-state index in [-0.39, 0.29) is 15.7 Å². The molecular weight excluding hydrogens is 332 g/mol. The van der Waals surface area contributed by atoms with Crippen LogP contribution in [-0.2, 0) is 19.4 Å². The molecule has 2 aromatic carbocycles. The van der Waals surface area contributed by atoms with Gasteiger partial charge in [-0.05, 0) is 48.5 Å². The van der Waals surface area contributed by atoms with Gasteiger partial charge in [-0.2, -0.15) is 0 Å². The lowest BCUT2D eigenvalue weighted by Crippen LogP contribution is -2.11. The largest absolute Gasteiger partial charge is 0.453 e. The predicted octanol–water partition coefficient (Wildman–Crippen LogP) is 2.66. The van der Waals surface area contributed by atoms with Crippen LogP contribution in [0.15, 0.2) is 58.3 Å². The summed E-state index contributed by atoms with van der Waals surface area (Å²) in [6, 6.07) is 11.6. The maximum atomic E-state index is 12.6. The number of carbonyl (C=O) groups excluding carboxylic acids is 2. The van der Waals surface area contributed by atoms with Gasteiger partial charge in [-0.25, -0.2) is 13.2 Å². The molecule has 0 spiro atoms. The topological polar surface area (TPSA) is 102 Å². The normalized spacial score (nSPS) is 10.8. The molecule has 0 saturated heterocycles. The van der Waals surface area contributed by atoms with Crippen LogP contribution in [0.1, 0.15) is 6.92 Å². The molecule has 2 amide bonds. The van der Waals surface area contributed by atoms with Gasteiger partial charge in [0.25, 0.3) is 0 Å². The summed E-state index contributed by atoms with van der Waals surface area (Å²) in [5, 5.41) is 5.01. The van der Waals surface area contributed by atoms with Gasteiger partial charge in [0, 0.05) is 18.3 Å². The Balaban J connectivity index is 2.23. The van der Waals surface area contributed by atoms with Gasteiger partial charge < -0.3 is 10.1 Å². The molecule has 8 heteroatoms. The Labute approximate surface area is 139 Å². The number of hydrogen-bond donors (Lipinski definition) is 2. The highest BCUT2D eigenvalue weighted by atomic mass is 32.2. The molecule has 2 rings (SSSR count). The average Bonchev–Trinajstić information content (AvgIpc) is 2.55. The van der Waals surface area contributed by atoms with Crippen LogP contribution >= 0.6 is 0 Å². The van der Waals surface area contributed by atoms with E-state index in [1.165, 1.54) is 62.6 Å². The van der Waals surface area contributed by atoms with Crippen molar-refractivity contribution in [3.8, 4) is 0 Å². The number of carbonyl (C=O) groups is 2. The van der Waals surface area contributed by atoms with Gasteiger partial charge in [0.15, 0.2) is 0 Å². The summed E-state index contributed by atoms with van der Waals surface area (Å²) in [7, 11) is -2.46. The number of nitrogens with one attached hydrogen (secondary N) is 2. The molecule has 2 N–H and O–H groups in total. The summed E-state index contributed by atoms with van der Waals surface area (Å²) in [5.74, 6) is -0.237. The zero-order valence-electron chi connectivity index (χ0n) is 13.1. The summed E-state index contributed by atoms with van der Waals surface area (Å²) < 4.78 is 29.6. The van der Waals surface area contributed by atoms with Crippen LogP contribution in [-0.4, -0.2) is 27.5 Å². The minimum atomic E-state index is -3.69. The smallest absolute Gasteiger partial charge is 0.411 e. The number of sulfone groups is 1. The average molecular weight is 348 g/mol. The molecule has 7 nitrogen and oxygen atoms in total. The van der Waals surface area contributed by atoms with Gasteiger partial charge in [0.05, 0.1) is 16.9 Å². The van der Waals surface area contributed by atoms with E-state index in [1.807, 2.05) is 0 Å². The highest BCUT2D eigenvalue weighted by molar-refractivity contribution is 7.91. The van der Waals surface area contributed by atoms with E-state index in [9.17, 15) is 18.0 Å². The summed E-state index contributed by atoms with van der Waals surface area (Å²) in [6.07, 6.45) is -0.640. The molecule has 0 aliphatic carbocycles. The molecule has 0 radical (unpaired) electrons. The summed E-state index contributed by atoms with van der Waals surface area (Å²) in [4.78, 5) is 22.3. The molecule has 0 unspecified atom stereocenters. The third-order valence-electron chi connectivity index (χ3n) is 3.08. The van der Waals surface area contributed by atoms with Gasteiger partial charge >= 0.3 is 6.09 Å². The van der Waals surface area contributed by atoms with E-state index in [0.717, 1.165) is 0 Å². The van der Waals surface area contributed by atoms with E-state index >= 15 is 0 Å². The van der Waals surface area contributed by atoms with Crippen LogP contribution < -0.4 is 10.6 Å². The molecule has 0 bridgehead atoms. The lowest BCUT2D eigenvalue weighted by Gasteiger charge is -2.08. The van der Waals surface area contributed by atoms with Crippen molar-refractivity contribution >= 4 is 33.2 Å². The van der Waals surface area contributed by atoms with Crippen molar-refractivity contribution in [1.29, 1.82) is 0 Å². The second-order valence-corrected chi connectivity index (χ2v) is 6.80. The Hall–Kier alpha value is -2.87. The van der Waals surface area contributed by atoms with Crippen molar-refractivity contribution < 1.29 is 22.7 Å². The standard InChI is InChI=1S/C16H16N2O5S/c1-11(19)17-12-3-7-14(8-4-12)24(21,22)15-9-5-13(6-10-15)18-16(20)23-2/h3-10H,1-2H3,(H,17,19)(H,18,20). The molecule has 126 valence electrons. The highest BCUT2D eigenvalue weighted by Gasteiger charge is 2.17. The van der Waals surface area contributed by atoms with Crippen molar-refractivity contribution in [3.63, 3.8) is 0 Å². The molecule has 24 heavy (non-hydrogen) atoms. The predicted molar refractivity (Wildman–Crippen MR) is 88.7 cm³/mol. The van der Waals surface area contributed by atoms with Gasteiger partial charge in [0.1, 0.15) is 0 Å². The van der Waals surface area contributed by atoms with Gasteiger partial charge in [0.2, 0.25) is 15.7 Å². The fourth-order valence-electron chi connectivity index (χ4n) is 1.94. The maximum Gasteiger partial charge on any atom is 0.411 e. The molecule has 0 aliphatic rings. The lowest BCUT2D eigenvalue weighted by molar-refractivity contribution is -0.114. The Kier molecular flexibility index (Phi) is 5.20. The van der Waals surface area contributed by atoms with Crippen molar-refractivity contribution in [2.24, 2.45) is 0 Å². The third-order valence-corrected chi connectivity index (χ3v) is 4.87. The van der Waals surface area contributed by atoms with Crippen LogP contribution in [0.4, 0.5) is 16.2 Å². The Bertz CT molecular complexity index is 843. The number of rotatable bonds is 4. The minimum absolute atomic E-state index is 0.0881. The fourth-order valence-corrected chi connectivity index (χ4v) is 3.20. The van der Waals surface area contributed by atoms with E-state index < -0.39 is 15.9 Å². The Morgan fingerprint density at radius 2 is 1.25 bits per heavy atom. The van der Waals surface area contributed by atoms with Crippen molar-refractivity contribution in [3.05, 3.63) is 48.5 Å². The molecule has 2 aromatic rings. The molecule has 0 aliphatic heterocycles. The summed E-state index contributed by atoms with van der Waals surface area (Å²) >= 11 is 0. The Morgan fingerprint density at radius 1 is 0.833 bits per heavy atom. The first-order chi connectivity index (χ1) is 11.3.